The zero-order valence-electron chi connectivity index (χ0n) is 9.40. The van der Waals surface area contributed by atoms with Gasteiger partial charge in [0.15, 0.2) is 0 Å². The Morgan fingerprint density at radius 3 is 2.60 bits per heavy atom. The van der Waals surface area contributed by atoms with Crippen LogP contribution < -0.4 is 0 Å². The average molecular weight is 206 g/mol. The van der Waals surface area contributed by atoms with Crippen LogP contribution >= 0.6 is 0 Å². The summed E-state index contributed by atoms with van der Waals surface area (Å²) in [5.41, 5.74) is 1.16. The Kier molecular flexibility index (Phi) is 4.91. The van der Waals surface area contributed by atoms with Crippen molar-refractivity contribution in [1.29, 1.82) is 0 Å². The minimum absolute atomic E-state index is 0.160. The second kappa shape index (κ2) is 6.25. The molecule has 0 fully saturated rings. The van der Waals surface area contributed by atoms with Gasteiger partial charge in [0.05, 0.1) is 11.9 Å². The van der Waals surface area contributed by atoms with Crippen LogP contribution in [0.15, 0.2) is 42.7 Å². The summed E-state index contributed by atoms with van der Waals surface area (Å²) >= 11 is 0. The van der Waals surface area contributed by atoms with E-state index in [-0.39, 0.29) is 6.10 Å². The summed E-state index contributed by atoms with van der Waals surface area (Å²) in [6, 6.07) is 10.1. The third kappa shape index (κ3) is 4.66. The van der Waals surface area contributed by atoms with E-state index in [0.717, 1.165) is 17.7 Å². The summed E-state index contributed by atoms with van der Waals surface area (Å²) in [5.74, 6) is 0.771. The largest absolute Gasteiger partial charge is 0.494 e. The van der Waals surface area contributed by atoms with Crippen LogP contribution in [0.25, 0.3) is 0 Å². The molecule has 2 nitrogen and oxygen atoms in total. The fourth-order valence-electron chi connectivity index (χ4n) is 1.22. The van der Waals surface area contributed by atoms with Crippen molar-refractivity contribution in [2.75, 3.05) is 7.11 Å². The maximum Gasteiger partial charge on any atom is 0.113 e. The third-order valence-electron chi connectivity index (χ3n) is 2.20. The van der Waals surface area contributed by atoms with Crippen molar-refractivity contribution < 1.29 is 9.47 Å². The molecule has 1 aromatic rings. The quantitative estimate of drug-likeness (QED) is 0.666. The van der Waals surface area contributed by atoms with Crippen LogP contribution in [0.2, 0.25) is 0 Å². The molecule has 1 unspecified atom stereocenters. The van der Waals surface area contributed by atoms with E-state index in [4.69, 9.17) is 9.47 Å². The molecule has 0 aromatic heterocycles. The lowest BCUT2D eigenvalue weighted by Crippen LogP contribution is -2.07. The molecular formula is C13H18O2. The molecule has 1 atom stereocenters. The summed E-state index contributed by atoms with van der Waals surface area (Å²) in [5, 5.41) is 0. The minimum Gasteiger partial charge on any atom is -0.494 e. The fraction of sp³-hybridized carbons (Fsp3) is 0.385. The monoisotopic (exact) mass is 206 g/mol. The van der Waals surface area contributed by atoms with Gasteiger partial charge in [0.2, 0.25) is 0 Å². The van der Waals surface area contributed by atoms with Gasteiger partial charge in [0, 0.05) is 13.5 Å². The van der Waals surface area contributed by atoms with Crippen LogP contribution in [0.4, 0.5) is 0 Å². The van der Waals surface area contributed by atoms with Crippen molar-refractivity contribution in [3.8, 4) is 0 Å². The van der Waals surface area contributed by atoms with Gasteiger partial charge in [-0.3, -0.25) is 0 Å². The van der Waals surface area contributed by atoms with E-state index >= 15 is 0 Å². The Labute approximate surface area is 91.5 Å². The standard InChI is InChI=1S/C13H18O2/c1-11(14-3)9-12(2)15-10-13-7-5-4-6-8-13/h4-8,11H,2,9-10H2,1,3H3. The number of benzene rings is 1. The molecule has 0 amide bonds. The van der Waals surface area contributed by atoms with Gasteiger partial charge >= 0.3 is 0 Å². The molecule has 0 saturated heterocycles. The lowest BCUT2D eigenvalue weighted by atomic mass is 10.2. The second-order valence-corrected chi connectivity index (χ2v) is 3.56. The first-order valence-electron chi connectivity index (χ1n) is 5.09. The topological polar surface area (TPSA) is 18.5 Å². The van der Waals surface area contributed by atoms with E-state index in [1.165, 1.54) is 0 Å². The van der Waals surface area contributed by atoms with Gasteiger partial charge in [-0.2, -0.15) is 0 Å². The molecule has 0 bridgehead atoms. The van der Waals surface area contributed by atoms with E-state index in [0.29, 0.717) is 6.61 Å². The number of ether oxygens (including phenoxy) is 2. The molecule has 0 spiro atoms. The van der Waals surface area contributed by atoms with Crippen LogP contribution in [0.3, 0.4) is 0 Å². The van der Waals surface area contributed by atoms with Crippen molar-refractivity contribution in [2.24, 2.45) is 0 Å². The number of hydrogen-bond acceptors (Lipinski definition) is 2. The highest BCUT2D eigenvalue weighted by atomic mass is 16.5. The maximum atomic E-state index is 5.53. The zero-order valence-corrected chi connectivity index (χ0v) is 9.40. The molecule has 0 heterocycles. The van der Waals surface area contributed by atoms with Gasteiger partial charge in [0.1, 0.15) is 6.61 Å². The third-order valence-corrected chi connectivity index (χ3v) is 2.20. The molecule has 0 radical (unpaired) electrons. The smallest absolute Gasteiger partial charge is 0.113 e. The maximum absolute atomic E-state index is 5.53. The van der Waals surface area contributed by atoms with Gasteiger partial charge in [-0.05, 0) is 12.5 Å². The van der Waals surface area contributed by atoms with Crippen molar-refractivity contribution in [2.45, 2.75) is 26.1 Å². The molecule has 0 aliphatic carbocycles. The van der Waals surface area contributed by atoms with E-state index in [9.17, 15) is 0 Å². The summed E-state index contributed by atoms with van der Waals surface area (Å²) in [4.78, 5) is 0. The summed E-state index contributed by atoms with van der Waals surface area (Å²) in [6.07, 6.45) is 0.900. The van der Waals surface area contributed by atoms with E-state index < -0.39 is 0 Å². The first-order valence-corrected chi connectivity index (χ1v) is 5.09. The van der Waals surface area contributed by atoms with Crippen molar-refractivity contribution in [1.82, 2.24) is 0 Å². The minimum atomic E-state index is 0.160. The van der Waals surface area contributed by atoms with Crippen LogP contribution in [0, 0.1) is 0 Å². The lowest BCUT2D eigenvalue weighted by Gasteiger charge is -2.13. The predicted octanol–water partition coefficient (Wildman–Crippen LogP) is 3.14. The SMILES string of the molecule is C=C(CC(C)OC)OCc1ccccc1. The zero-order chi connectivity index (χ0) is 11.1. The van der Waals surface area contributed by atoms with E-state index in [1.807, 2.05) is 37.3 Å². The molecule has 1 aromatic carbocycles. The highest BCUT2D eigenvalue weighted by molar-refractivity contribution is 5.13. The van der Waals surface area contributed by atoms with Gasteiger partial charge in [0.25, 0.3) is 0 Å². The molecule has 1 rings (SSSR count). The number of methoxy groups -OCH3 is 1. The van der Waals surface area contributed by atoms with Gasteiger partial charge in [-0.15, -0.1) is 0 Å². The molecule has 15 heavy (non-hydrogen) atoms. The lowest BCUT2D eigenvalue weighted by molar-refractivity contribution is 0.0922. The van der Waals surface area contributed by atoms with E-state index in [2.05, 4.69) is 6.58 Å². The Balaban J connectivity index is 2.29. The first-order chi connectivity index (χ1) is 7.22. The van der Waals surface area contributed by atoms with Crippen molar-refractivity contribution in [3.05, 3.63) is 48.2 Å². The summed E-state index contributed by atoms with van der Waals surface area (Å²) in [7, 11) is 1.69. The second-order valence-electron chi connectivity index (χ2n) is 3.56. The Hall–Kier alpha value is -1.28. The van der Waals surface area contributed by atoms with Crippen LogP contribution in [0.1, 0.15) is 18.9 Å². The fourth-order valence-corrected chi connectivity index (χ4v) is 1.22. The van der Waals surface area contributed by atoms with Crippen LogP contribution in [0.5, 0.6) is 0 Å². The van der Waals surface area contributed by atoms with Gasteiger partial charge in [-0.25, -0.2) is 0 Å². The van der Waals surface area contributed by atoms with Gasteiger partial charge in [-0.1, -0.05) is 36.9 Å². The average Bonchev–Trinajstić information content (AvgIpc) is 2.27. The first kappa shape index (κ1) is 11.8. The normalized spacial score (nSPS) is 12.1. The highest BCUT2D eigenvalue weighted by Gasteiger charge is 2.03. The Morgan fingerprint density at radius 2 is 2.00 bits per heavy atom. The van der Waals surface area contributed by atoms with E-state index in [1.54, 1.807) is 7.11 Å². The van der Waals surface area contributed by atoms with Gasteiger partial charge < -0.3 is 9.47 Å². The number of hydrogen-bond donors (Lipinski definition) is 0. The Morgan fingerprint density at radius 1 is 1.33 bits per heavy atom. The summed E-state index contributed by atoms with van der Waals surface area (Å²) < 4.78 is 10.7. The Bertz CT molecular complexity index is 293. The number of rotatable bonds is 6. The molecule has 0 aliphatic rings. The van der Waals surface area contributed by atoms with Crippen molar-refractivity contribution >= 4 is 0 Å². The molecule has 0 N–H and O–H groups in total. The highest BCUT2D eigenvalue weighted by Crippen LogP contribution is 2.10. The summed E-state index contributed by atoms with van der Waals surface area (Å²) in [6.45, 7) is 6.43. The molecule has 0 saturated carbocycles. The molecular weight excluding hydrogens is 188 g/mol. The molecule has 0 aliphatic heterocycles. The molecule has 82 valence electrons. The molecule has 2 heteroatoms. The van der Waals surface area contributed by atoms with Crippen LogP contribution in [-0.4, -0.2) is 13.2 Å². The van der Waals surface area contributed by atoms with Crippen LogP contribution in [-0.2, 0) is 16.1 Å². The predicted molar refractivity (Wildman–Crippen MR) is 61.5 cm³/mol. The van der Waals surface area contributed by atoms with Crippen molar-refractivity contribution in [3.63, 3.8) is 0 Å².